The Bertz CT molecular complexity index is 1120. The molecule has 0 saturated carbocycles. The summed E-state index contributed by atoms with van der Waals surface area (Å²) in [5.74, 6) is -0.402. The first kappa shape index (κ1) is 21.5. The number of carbonyl (C=O) groups excluding carboxylic acids is 1. The lowest BCUT2D eigenvalue weighted by Gasteiger charge is -2.35. The molecule has 1 aliphatic heterocycles. The first-order valence-corrected chi connectivity index (χ1v) is 10.2. The van der Waals surface area contributed by atoms with Gasteiger partial charge in [0.1, 0.15) is 11.4 Å². The van der Waals surface area contributed by atoms with Gasteiger partial charge < -0.3 is 9.64 Å². The fraction of sp³-hybridized carbons (Fsp3) is 0.333. The third-order valence-electron chi connectivity index (χ3n) is 4.73. The number of thiazole rings is 1. The van der Waals surface area contributed by atoms with Crippen LogP contribution in [-0.4, -0.2) is 45.3 Å². The van der Waals surface area contributed by atoms with E-state index in [1.54, 1.807) is 0 Å². The van der Waals surface area contributed by atoms with Crippen LogP contribution in [-0.2, 0) is 5.67 Å². The maximum atomic E-state index is 15.3. The number of fused-ring (bicyclic) bond motifs is 1. The van der Waals surface area contributed by atoms with E-state index in [0.29, 0.717) is 4.70 Å². The lowest BCUT2D eigenvalue weighted by molar-refractivity contribution is -0.274. The van der Waals surface area contributed by atoms with Crippen LogP contribution in [0.3, 0.4) is 0 Å². The molecule has 2 amide bonds. The van der Waals surface area contributed by atoms with Crippen LogP contribution in [0.15, 0.2) is 30.6 Å². The number of aromatic nitrogens is 3. The van der Waals surface area contributed by atoms with E-state index in [2.05, 4.69) is 25.0 Å². The van der Waals surface area contributed by atoms with Crippen LogP contribution in [0, 0.1) is 0 Å². The summed E-state index contributed by atoms with van der Waals surface area (Å²) in [5.41, 5.74) is -1.48. The van der Waals surface area contributed by atoms with Crippen molar-refractivity contribution in [3.8, 4) is 5.75 Å². The Morgan fingerprint density at radius 2 is 1.94 bits per heavy atom. The summed E-state index contributed by atoms with van der Waals surface area (Å²) in [5, 5.41) is 2.80. The summed E-state index contributed by atoms with van der Waals surface area (Å²) in [6.07, 6.45) is -2.09. The van der Waals surface area contributed by atoms with Gasteiger partial charge in [0.05, 0.1) is 10.2 Å². The summed E-state index contributed by atoms with van der Waals surface area (Å²) in [6.45, 7) is 0.230. The molecule has 0 radical (unpaired) electrons. The topological polar surface area (TPSA) is 80.2 Å². The molecule has 1 aliphatic rings. The fourth-order valence-corrected chi connectivity index (χ4v) is 4.36. The fourth-order valence-electron chi connectivity index (χ4n) is 3.25. The Hall–Kier alpha value is -2.73. The summed E-state index contributed by atoms with van der Waals surface area (Å²) in [4.78, 5) is 25.9. The molecule has 1 N–H and O–H groups in total. The molecule has 3 aromatic rings. The second-order valence-corrected chi connectivity index (χ2v) is 8.16. The SMILES string of the molecule is O=C(Nc1nc2cc(OC(F)(F)F)ccc2s1)N1CCC(F)(c2nccnc2Cl)CC1. The minimum Gasteiger partial charge on any atom is -0.406 e. The monoisotopic (exact) mass is 475 g/mol. The van der Waals surface area contributed by atoms with Gasteiger partial charge in [-0.2, -0.15) is 0 Å². The molecule has 0 spiro atoms. The van der Waals surface area contributed by atoms with E-state index in [1.165, 1.54) is 29.4 Å². The van der Waals surface area contributed by atoms with Crippen LogP contribution in [0.4, 0.5) is 27.5 Å². The molecule has 164 valence electrons. The lowest BCUT2D eigenvalue weighted by Crippen LogP contribution is -2.45. The minimum absolute atomic E-state index is 0.00316. The molecule has 13 heteroatoms. The number of halogens is 5. The number of nitrogens with zero attached hydrogens (tertiary/aromatic N) is 4. The van der Waals surface area contributed by atoms with Gasteiger partial charge in [0.25, 0.3) is 0 Å². The van der Waals surface area contributed by atoms with Crippen LogP contribution in [0.1, 0.15) is 18.5 Å². The van der Waals surface area contributed by atoms with E-state index in [0.717, 1.165) is 17.4 Å². The number of benzene rings is 1. The zero-order valence-electron chi connectivity index (χ0n) is 15.6. The van der Waals surface area contributed by atoms with Crippen molar-refractivity contribution in [1.29, 1.82) is 0 Å². The molecule has 3 heterocycles. The van der Waals surface area contributed by atoms with Crippen LogP contribution in [0.5, 0.6) is 5.75 Å². The second-order valence-electron chi connectivity index (χ2n) is 6.77. The molecule has 0 unspecified atom stereocenters. The Morgan fingerprint density at radius 3 is 2.61 bits per heavy atom. The molecule has 31 heavy (non-hydrogen) atoms. The van der Waals surface area contributed by atoms with Crippen LogP contribution in [0.2, 0.25) is 5.15 Å². The quantitative estimate of drug-likeness (QED) is 0.531. The van der Waals surface area contributed by atoms with Crippen LogP contribution in [0.25, 0.3) is 10.2 Å². The minimum atomic E-state index is -4.81. The smallest absolute Gasteiger partial charge is 0.406 e. The number of anilines is 1. The van der Waals surface area contributed by atoms with Gasteiger partial charge in [-0.15, -0.1) is 13.2 Å². The summed E-state index contributed by atoms with van der Waals surface area (Å²) >= 11 is 7.05. The number of rotatable bonds is 3. The summed E-state index contributed by atoms with van der Waals surface area (Å²) < 4.78 is 56.8. The van der Waals surface area contributed by atoms with Gasteiger partial charge in [-0.05, 0) is 12.1 Å². The third-order valence-corrected chi connectivity index (χ3v) is 5.96. The molecular weight excluding hydrogens is 462 g/mol. The van der Waals surface area contributed by atoms with Crippen molar-refractivity contribution >= 4 is 44.3 Å². The highest BCUT2D eigenvalue weighted by Crippen LogP contribution is 2.38. The van der Waals surface area contributed by atoms with E-state index >= 15 is 4.39 Å². The molecule has 1 fully saturated rings. The van der Waals surface area contributed by atoms with Gasteiger partial charge in [0, 0.05) is 44.4 Å². The Balaban J connectivity index is 1.41. The number of carbonyl (C=O) groups is 1. The Labute approximate surface area is 182 Å². The van der Waals surface area contributed by atoms with E-state index in [9.17, 15) is 18.0 Å². The molecule has 0 bridgehead atoms. The van der Waals surface area contributed by atoms with Crippen molar-refractivity contribution in [2.75, 3.05) is 18.4 Å². The van der Waals surface area contributed by atoms with E-state index in [4.69, 9.17) is 11.6 Å². The number of likely N-dealkylation sites (tertiary alicyclic amines) is 1. The number of ether oxygens (including phenoxy) is 1. The number of hydrogen-bond donors (Lipinski definition) is 1. The number of urea groups is 1. The van der Waals surface area contributed by atoms with Crippen molar-refractivity contribution in [3.63, 3.8) is 0 Å². The van der Waals surface area contributed by atoms with Crippen LogP contribution < -0.4 is 10.1 Å². The normalized spacial score (nSPS) is 16.4. The first-order valence-electron chi connectivity index (χ1n) is 9.01. The molecular formula is C18H14ClF4N5O2S. The van der Waals surface area contributed by atoms with E-state index in [-0.39, 0.29) is 47.4 Å². The standard InChI is InChI=1S/C18H14ClF4N5O2S/c19-14-13(24-5-6-25-14)17(20)3-7-28(8-4-17)16(29)27-15-26-11-9-10(30-18(21,22)23)1-2-12(11)31-15/h1-2,5-6,9H,3-4,7-8H2,(H,26,27,29). The Morgan fingerprint density at radius 1 is 1.23 bits per heavy atom. The molecule has 4 rings (SSSR count). The predicted octanol–water partition coefficient (Wildman–Crippen LogP) is 5.13. The number of hydrogen-bond acceptors (Lipinski definition) is 6. The zero-order chi connectivity index (χ0) is 22.2. The largest absolute Gasteiger partial charge is 0.573 e. The maximum Gasteiger partial charge on any atom is 0.573 e. The number of amides is 2. The zero-order valence-corrected chi connectivity index (χ0v) is 17.2. The van der Waals surface area contributed by atoms with Gasteiger partial charge in [-0.1, -0.05) is 22.9 Å². The van der Waals surface area contributed by atoms with Gasteiger partial charge >= 0.3 is 12.4 Å². The highest BCUT2D eigenvalue weighted by atomic mass is 35.5. The molecule has 0 aliphatic carbocycles. The average Bonchev–Trinajstić information content (AvgIpc) is 3.09. The molecule has 2 aromatic heterocycles. The summed E-state index contributed by atoms with van der Waals surface area (Å²) in [7, 11) is 0. The van der Waals surface area contributed by atoms with Gasteiger partial charge in [0.15, 0.2) is 16.0 Å². The number of piperidine rings is 1. The van der Waals surface area contributed by atoms with Crippen molar-refractivity contribution in [3.05, 3.63) is 41.4 Å². The molecule has 7 nitrogen and oxygen atoms in total. The number of nitrogens with one attached hydrogen (secondary N) is 1. The predicted molar refractivity (Wildman–Crippen MR) is 106 cm³/mol. The van der Waals surface area contributed by atoms with Gasteiger partial charge in [0.2, 0.25) is 0 Å². The number of alkyl halides is 4. The summed E-state index contributed by atoms with van der Waals surface area (Å²) in [6, 6.07) is 3.24. The lowest BCUT2D eigenvalue weighted by atomic mass is 9.90. The van der Waals surface area contributed by atoms with Gasteiger partial charge in [-0.3, -0.25) is 10.3 Å². The maximum absolute atomic E-state index is 15.3. The highest BCUT2D eigenvalue weighted by Gasteiger charge is 2.40. The Kier molecular flexibility index (Phi) is 5.60. The van der Waals surface area contributed by atoms with E-state index in [1.807, 2.05) is 0 Å². The third kappa shape index (κ3) is 4.79. The average molecular weight is 476 g/mol. The van der Waals surface area contributed by atoms with Crippen molar-refractivity contribution in [1.82, 2.24) is 19.9 Å². The molecule has 1 aromatic carbocycles. The second kappa shape index (κ2) is 8.08. The van der Waals surface area contributed by atoms with Crippen LogP contribution >= 0.6 is 22.9 Å². The van der Waals surface area contributed by atoms with Crippen molar-refractivity contribution in [2.45, 2.75) is 24.9 Å². The van der Waals surface area contributed by atoms with Crippen molar-refractivity contribution < 1.29 is 27.1 Å². The van der Waals surface area contributed by atoms with Gasteiger partial charge in [-0.25, -0.2) is 19.2 Å². The molecule has 1 saturated heterocycles. The molecule has 0 atom stereocenters. The highest BCUT2D eigenvalue weighted by molar-refractivity contribution is 7.22. The van der Waals surface area contributed by atoms with Crippen molar-refractivity contribution in [2.24, 2.45) is 0 Å². The first-order chi connectivity index (χ1) is 14.6. The van der Waals surface area contributed by atoms with E-state index < -0.39 is 23.8 Å².